The Bertz CT molecular complexity index is 1080. The first-order valence-electron chi connectivity index (χ1n) is 11.8. The summed E-state index contributed by atoms with van der Waals surface area (Å²) in [4.78, 5) is 43.9. The van der Waals surface area contributed by atoms with Crippen LogP contribution in [-0.4, -0.2) is 39.9 Å². The molecule has 0 spiro atoms. The molecule has 1 aromatic heterocycles. The summed E-state index contributed by atoms with van der Waals surface area (Å²) in [5.41, 5.74) is 8.05. The van der Waals surface area contributed by atoms with Crippen LogP contribution in [0.25, 0.3) is 0 Å². The number of rotatable bonds is 4. The summed E-state index contributed by atoms with van der Waals surface area (Å²) >= 11 is 0. The number of benzene rings is 1. The molecule has 9 heteroatoms. The number of amides is 3. The van der Waals surface area contributed by atoms with Gasteiger partial charge in [0.1, 0.15) is 11.4 Å². The minimum atomic E-state index is -0.725. The average Bonchev–Trinajstić information content (AvgIpc) is 2.79. The van der Waals surface area contributed by atoms with Crippen molar-refractivity contribution in [1.29, 1.82) is 0 Å². The van der Waals surface area contributed by atoms with Crippen LogP contribution in [0.2, 0.25) is 0 Å². The summed E-state index contributed by atoms with van der Waals surface area (Å²) in [7, 11) is 0. The van der Waals surface area contributed by atoms with Crippen molar-refractivity contribution in [3.05, 3.63) is 53.2 Å². The maximum Gasteiger partial charge on any atom is 0.413 e. The zero-order valence-electron chi connectivity index (χ0n) is 21.1. The zero-order chi connectivity index (χ0) is 25.8. The number of carbonyl (C=O) groups excluding carboxylic acids is 3. The van der Waals surface area contributed by atoms with Crippen molar-refractivity contribution in [2.75, 3.05) is 17.2 Å². The van der Waals surface area contributed by atoms with E-state index in [4.69, 9.17) is 10.5 Å². The lowest BCUT2D eigenvalue weighted by Crippen LogP contribution is -2.46. The molecule has 1 fully saturated rings. The lowest BCUT2D eigenvalue weighted by Gasteiger charge is -2.38. The van der Waals surface area contributed by atoms with Crippen LogP contribution in [0.1, 0.15) is 63.3 Å². The molecule has 1 aliphatic rings. The van der Waals surface area contributed by atoms with Gasteiger partial charge < -0.3 is 20.7 Å². The Morgan fingerprint density at radius 1 is 1.14 bits per heavy atom. The number of hydrogen-bond donors (Lipinski definition) is 3. The van der Waals surface area contributed by atoms with E-state index in [9.17, 15) is 14.4 Å². The van der Waals surface area contributed by atoms with Crippen LogP contribution < -0.4 is 16.4 Å². The van der Waals surface area contributed by atoms with Gasteiger partial charge in [-0.1, -0.05) is 31.2 Å². The third kappa shape index (κ3) is 7.02. The first-order valence-corrected chi connectivity index (χ1v) is 11.8. The SMILES string of the molecule is Cc1cc(NC(=O)C(=O)N2C[C@@H](C)CC[C@@H]2c2ccc(CN)cc2)cnc1NC(=O)OC(C)(C)C. The molecule has 3 rings (SSSR count). The lowest BCUT2D eigenvalue weighted by molar-refractivity contribution is -0.146. The monoisotopic (exact) mass is 481 g/mol. The van der Waals surface area contributed by atoms with Gasteiger partial charge in [-0.25, -0.2) is 9.78 Å². The number of pyridine rings is 1. The van der Waals surface area contributed by atoms with Crippen LogP contribution in [0.4, 0.5) is 16.3 Å². The lowest BCUT2D eigenvalue weighted by atomic mass is 9.89. The van der Waals surface area contributed by atoms with Gasteiger partial charge in [-0.3, -0.25) is 14.9 Å². The number of nitrogens with one attached hydrogen (secondary N) is 2. The molecular weight excluding hydrogens is 446 g/mol. The summed E-state index contributed by atoms with van der Waals surface area (Å²) in [6, 6.07) is 9.34. The second-order valence-corrected chi connectivity index (χ2v) is 10.1. The van der Waals surface area contributed by atoms with Gasteiger partial charge >= 0.3 is 17.9 Å². The normalized spacial score (nSPS) is 18.1. The first kappa shape index (κ1) is 26.2. The van der Waals surface area contributed by atoms with E-state index in [1.54, 1.807) is 38.7 Å². The molecule has 2 atom stereocenters. The molecule has 0 saturated carbocycles. The Hall–Kier alpha value is -3.46. The maximum absolute atomic E-state index is 13.2. The number of nitrogens with zero attached hydrogens (tertiary/aromatic N) is 2. The van der Waals surface area contributed by atoms with Gasteiger partial charge in [-0.05, 0) is 69.2 Å². The van der Waals surface area contributed by atoms with Gasteiger partial charge in [-0.15, -0.1) is 0 Å². The number of carbonyl (C=O) groups is 3. The molecule has 35 heavy (non-hydrogen) atoms. The molecule has 0 aliphatic carbocycles. The largest absolute Gasteiger partial charge is 0.444 e. The fraction of sp³-hybridized carbons (Fsp3) is 0.462. The fourth-order valence-electron chi connectivity index (χ4n) is 4.09. The van der Waals surface area contributed by atoms with Crippen molar-refractivity contribution in [3.8, 4) is 0 Å². The maximum atomic E-state index is 13.2. The van der Waals surface area contributed by atoms with Crippen molar-refractivity contribution < 1.29 is 19.1 Å². The molecule has 2 heterocycles. The number of aryl methyl sites for hydroxylation is 1. The Balaban J connectivity index is 1.70. The highest BCUT2D eigenvalue weighted by Gasteiger charge is 2.34. The summed E-state index contributed by atoms with van der Waals surface area (Å²) < 4.78 is 5.24. The van der Waals surface area contributed by atoms with Crippen LogP contribution in [0.5, 0.6) is 0 Å². The van der Waals surface area contributed by atoms with Gasteiger partial charge in [0.25, 0.3) is 0 Å². The predicted octanol–water partition coefficient (Wildman–Crippen LogP) is 4.13. The first-order chi connectivity index (χ1) is 16.5. The molecule has 2 aromatic rings. The molecular formula is C26H35N5O4. The Morgan fingerprint density at radius 3 is 2.43 bits per heavy atom. The number of ether oxygens (including phenoxy) is 1. The molecule has 1 aliphatic heterocycles. The van der Waals surface area contributed by atoms with Crippen molar-refractivity contribution in [2.24, 2.45) is 11.7 Å². The van der Waals surface area contributed by atoms with E-state index in [1.165, 1.54) is 6.20 Å². The van der Waals surface area contributed by atoms with Gasteiger partial charge in [0.15, 0.2) is 0 Å². The summed E-state index contributed by atoms with van der Waals surface area (Å²) in [5.74, 6) is -0.697. The van der Waals surface area contributed by atoms with Gasteiger partial charge in [-0.2, -0.15) is 0 Å². The number of nitrogens with two attached hydrogens (primary N) is 1. The van der Waals surface area contributed by atoms with Gasteiger partial charge in [0, 0.05) is 13.1 Å². The number of anilines is 2. The molecule has 1 saturated heterocycles. The quantitative estimate of drug-likeness (QED) is 0.564. The number of hydrogen-bond acceptors (Lipinski definition) is 6. The minimum absolute atomic E-state index is 0.170. The van der Waals surface area contributed by atoms with Crippen LogP contribution in [0.3, 0.4) is 0 Å². The number of piperidine rings is 1. The van der Waals surface area contributed by atoms with Gasteiger partial charge in [0.05, 0.1) is 17.9 Å². The second kappa shape index (κ2) is 10.9. The summed E-state index contributed by atoms with van der Waals surface area (Å²) in [6.07, 6.45) is 2.54. The van der Waals surface area contributed by atoms with E-state index >= 15 is 0 Å². The molecule has 0 bridgehead atoms. The minimum Gasteiger partial charge on any atom is -0.444 e. The van der Waals surface area contributed by atoms with Crippen LogP contribution >= 0.6 is 0 Å². The Labute approximate surface area is 206 Å². The van der Waals surface area contributed by atoms with E-state index in [0.29, 0.717) is 36.1 Å². The van der Waals surface area contributed by atoms with E-state index < -0.39 is 23.5 Å². The van der Waals surface area contributed by atoms with Crippen molar-refractivity contribution in [2.45, 2.75) is 65.6 Å². The third-order valence-electron chi connectivity index (χ3n) is 5.83. The smallest absolute Gasteiger partial charge is 0.413 e. The van der Waals surface area contributed by atoms with Gasteiger partial charge in [0.2, 0.25) is 0 Å². The molecule has 188 valence electrons. The van der Waals surface area contributed by atoms with E-state index in [-0.39, 0.29) is 6.04 Å². The number of aromatic nitrogens is 1. The molecule has 4 N–H and O–H groups in total. The molecule has 0 radical (unpaired) electrons. The van der Waals surface area contributed by atoms with E-state index in [1.807, 2.05) is 24.3 Å². The molecule has 9 nitrogen and oxygen atoms in total. The van der Waals surface area contributed by atoms with Crippen LogP contribution in [0, 0.1) is 12.8 Å². The third-order valence-corrected chi connectivity index (χ3v) is 5.83. The molecule has 3 amide bonds. The zero-order valence-corrected chi connectivity index (χ0v) is 21.1. The highest BCUT2D eigenvalue weighted by molar-refractivity contribution is 6.39. The Kier molecular flexibility index (Phi) is 8.11. The van der Waals surface area contributed by atoms with Crippen molar-refractivity contribution in [1.82, 2.24) is 9.88 Å². The Morgan fingerprint density at radius 2 is 1.83 bits per heavy atom. The predicted molar refractivity (Wildman–Crippen MR) is 135 cm³/mol. The standard InChI is InChI=1S/C26H35N5O4/c1-16-6-11-21(19-9-7-18(13-27)8-10-19)31(15-16)24(33)23(32)29-20-12-17(2)22(28-14-20)30-25(34)35-26(3,4)5/h7-10,12,14,16,21H,6,11,13,15,27H2,1-5H3,(H,29,32)(H,28,30,34)/t16-,21+/m0/s1. The van der Waals surface area contributed by atoms with Crippen molar-refractivity contribution in [3.63, 3.8) is 0 Å². The summed E-state index contributed by atoms with van der Waals surface area (Å²) in [6.45, 7) is 10.1. The highest BCUT2D eigenvalue weighted by atomic mass is 16.6. The summed E-state index contributed by atoms with van der Waals surface area (Å²) in [5, 5.41) is 5.24. The van der Waals surface area contributed by atoms with Crippen LogP contribution in [-0.2, 0) is 20.9 Å². The fourth-order valence-corrected chi connectivity index (χ4v) is 4.09. The molecule has 0 unspecified atom stereocenters. The molecule has 1 aromatic carbocycles. The topological polar surface area (TPSA) is 127 Å². The number of likely N-dealkylation sites (tertiary alicyclic amines) is 1. The average molecular weight is 482 g/mol. The van der Waals surface area contributed by atoms with Crippen molar-refractivity contribution >= 4 is 29.4 Å². The van der Waals surface area contributed by atoms with E-state index in [0.717, 1.165) is 24.0 Å². The second-order valence-electron chi connectivity index (χ2n) is 10.1. The van der Waals surface area contributed by atoms with E-state index in [2.05, 4.69) is 22.5 Å². The highest BCUT2D eigenvalue weighted by Crippen LogP contribution is 2.33. The van der Waals surface area contributed by atoms with Crippen LogP contribution in [0.15, 0.2) is 36.5 Å².